The van der Waals surface area contributed by atoms with Crippen molar-refractivity contribution in [1.29, 1.82) is 0 Å². The summed E-state index contributed by atoms with van der Waals surface area (Å²) in [5.41, 5.74) is 3.72. The summed E-state index contributed by atoms with van der Waals surface area (Å²) >= 11 is 0. The van der Waals surface area contributed by atoms with Gasteiger partial charge in [0.15, 0.2) is 0 Å². The van der Waals surface area contributed by atoms with Gasteiger partial charge >= 0.3 is 0 Å². The SMILES string of the molecule is CC(C)c1cccc(/C=C/C(=O)NO)c1. The van der Waals surface area contributed by atoms with Crippen LogP contribution in [-0.4, -0.2) is 11.1 Å². The number of rotatable bonds is 3. The van der Waals surface area contributed by atoms with Gasteiger partial charge in [-0.3, -0.25) is 10.0 Å². The van der Waals surface area contributed by atoms with Crippen LogP contribution in [0.5, 0.6) is 0 Å². The van der Waals surface area contributed by atoms with Crippen molar-refractivity contribution in [2.24, 2.45) is 0 Å². The van der Waals surface area contributed by atoms with Crippen molar-refractivity contribution in [2.45, 2.75) is 19.8 Å². The minimum absolute atomic E-state index is 0.463. The lowest BCUT2D eigenvalue weighted by atomic mass is 10.0. The Bertz CT molecular complexity index is 370. The molecule has 0 saturated carbocycles. The van der Waals surface area contributed by atoms with Crippen LogP contribution in [0.15, 0.2) is 30.3 Å². The molecule has 1 rings (SSSR count). The molecule has 1 aromatic carbocycles. The minimum Gasteiger partial charge on any atom is -0.288 e. The second kappa shape index (κ2) is 5.32. The average Bonchev–Trinajstić information content (AvgIpc) is 2.26. The maximum Gasteiger partial charge on any atom is 0.267 e. The predicted molar refractivity (Wildman–Crippen MR) is 59.5 cm³/mol. The van der Waals surface area contributed by atoms with Crippen LogP contribution in [0.3, 0.4) is 0 Å². The minimum atomic E-state index is -0.523. The quantitative estimate of drug-likeness (QED) is 0.452. The molecule has 0 aliphatic heterocycles. The van der Waals surface area contributed by atoms with Crippen LogP contribution in [0.2, 0.25) is 0 Å². The van der Waals surface area contributed by atoms with Crippen LogP contribution in [0, 0.1) is 0 Å². The molecule has 0 unspecified atom stereocenters. The lowest BCUT2D eigenvalue weighted by Crippen LogP contribution is -2.14. The van der Waals surface area contributed by atoms with Gasteiger partial charge in [0, 0.05) is 6.08 Å². The second-order valence-electron chi connectivity index (χ2n) is 3.63. The molecule has 0 aliphatic carbocycles. The number of benzene rings is 1. The summed E-state index contributed by atoms with van der Waals surface area (Å²) < 4.78 is 0. The largest absolute Gasteiger partial charge is 0.288 e. The molecule has 3 heteroatoms. The Hall–Kier alpha value is -1.61. The van der Waals surface area contributed by atoms with Crippen LogP contribution >= 0.6 is 0 Å². The fraction of sp³-hybridized carbons (Fsp3) is 0.250. The first-order valence-corrected chi connectivity index (χ1v) is 4.85. The summed E-state index contributed by atoms with van der Waals surface area (Å²) in [6.45, 7) is 4.23. The Morgan fingerprint density at radius 2 is 2.20 bits per heavy atom. The summed E-state index contributed by atoms with van der Waals surface area (Å²) in [5.74, 6) is -0.0602. The molecule has 0 saturated heterocycles. The van der Waals surface area contributed by atoms with Gasteiger partial charge < -0.3 is 0 Å². The third-order valence-corrected chi connectivity index (χ3v) is 2.11. The van der Waals surface area contributed by atoms with Gasteiger partial charge in [0.05, 0.1) is 0 Å². The Labute approximate surface area is 89.4 Å². The number of amides is 1. The molecule has 2 N–H and O–H groups in total. The highest BCUT2D eigenvalue weighted by molar-refractivity contribution is 5.90. The molecule has 3 nitrogen and oxygen atoms in total. The zero-order valence-corrected chi connectivity index (χ0v) is 8.90. The highest BCUT2D eigenvalue weighted by atomic mass is 16.5. The first-order valence-electron chi connectivity index (χ1n) is 4.85. The Morgan fingerprint density at radius 1 is 1.47 bits per heavy atom. The van der Waals surface area contributed by atoms with Crippen LogP contribution < -0.4 is 5.48 Å². The molecule has 80 valence electrons. The lowest BCUT2D eigenvalue weighted by molar-refractivity contribution is -0.124. The van der Waals surface area contributed by atoms with Gasteiger partial charge in [-0.2, -0.15) is 0 Å². The summed E-state index contributed by atoms with van der Waals surface area (Å²) in [6.07, 6.45) is 2.96. The number of hydrogen-bond acceptors (Lipinski definition) is 2. The van der Waals surface area contributed by atoms with Crippen LogP contribution in [0.25, 0.3) is 6.08 Å². The van der Waals surface area contributed by atoms with E-state index in [1.165, 1.54) is 11.6 Å². The number of carbonyl (C=O) groups excluding carboxylic acids is 1. The summed E-state index contributed by atoms with van der Waals surface area (Å²) in [4.78, 5) is 10.8. The summed E-state index contributed by atoms with van der Waals surface area (Å²) in [7, 11) is 0. The van der Waals surface area contributed by atoms with E-state index in [1.807, 2.05) is 24.3 Å². The van der Waals surface area contributed by atoms with Gasteiger partial charge in [-0.1, -0.05) is 38.1 Å². The zero-order chi connectivity index (χ0) is 11.3. The zero-order valence-electron chi connectivity index (χ0n) is 8.90. The monoisotopic (exact) mass is 205 g/mol. The van der Waals surface area contributed by atoms with E-state index in [1.54, 1.807) is 11.6 Å². The van der Waals surface area contributed by atoms with Gasteiger partial charge in [0.2, 0.25) is 0 Å². The number of hydrogen-bond donors (Lipinski definition) is 2. The van der Waals surface area contributed by atoms with E-state index >= 15 is 0 Å². The summed E-state index contributed by atoms with van der Waals surface area (Å²) in [6, 6.07) is 7.93. The molecular formula is C12H15NO2. The molecule has 0 heterocycles. The smallest absolute Gasteiger partial charge is 0.267 e. The maximum absolute atomic E-state index is 10.8. The van der Waals surface area contributed by atoms with Crippen molar-refractivity contribution in [3.8, 4) is 0 Å². The third-order valence-electron chi connectivity index (χ3n) is 2.11. The van der Waals surface area contributed by atoms with E-state index in [2.05, 4.69) is 13.8 Å². The van der Waals surface area contributed by atoms with Crippen LogP contribution in [-0.2, 0) is 4.79 Å². The van der Waals surface area contributed by atoms with Gasteiger partial charge in [-0.05, 0) is 23.1 Å². The lowest BCUT2D eigenvalue weighted by Gasteiger charge is -2.05. The van der Waals surface area contributed by atoms with Gasteiger partial charge in [0.25, 0.3) is 5.91 Å². The fourth-order valence-corrected chi connectivity index (χ4v) is 1.23. The Balaban J connectivity index is 2.82. The Morgan fingerprint density at radius 3 is 2.80 bits per heavy atom. The van der Waals surface area contributed by atoms with Crippen molar-refractivity contribution in [3.63, 3.8) is 0 Å². The van der Waals surface area contributed by atoms with Gasteiger partial charge in [0.1, 0.15) is 0 Å². The van der Waals surface area contributed by atoms with E-state index in [9.17, 15) is 4.79 Å². The van der Waals surface area contributed by atoms with E-state index < -0.39 is 5.91 Å². The van der Waals surface area contributed by atoms with E-state index in [0.29, 0.717) is 5.92 Å². The maximum atomic E-state index is 10.8. The van der Waals surface area contributed by atoms with Gasteiger partial charge in [-0.25, -0.2) is 5.48 Å². The first kappa shape index (κ1) is 11.5. The van der Waals surface area contributed by atoms with Crippen LogP contribution in [0.4, 0.5) is 0 Å². The molecule has 0 radical (unpaired) electrons. The Kier molecular flexibility index (Phi) is 4.06. The van der Waals surface area contributed by atoms with E-state index in [-0.39, 0.29) is 0 Å². The van der Waals surface area contributed by atoms with Crippen molar-refractivity contribution in [2.75, 3.05) is 0 Å². The molecule has 0 aromatic heterocycles. The number of nitrogens with one attached hydrogen (secondary N) is 1. The molecule has 0 aliphatic rings. The molecule has 15 heavy (non-hydrogen) atoms. The molecule has 0 fully saturated rings. The highest BCUT2D eigenvalue weighted by Gasteiger charge is 1.98. The summed E-state index contributed by atoms with van der Waals surface area (Å²) in [5, 5.41) is 8.30. The molecule has 0 spiro atoms. The van der Waals surface area contributed by atoms with E-state index in [0.717, 1.165) is 5.56 Å². The van der Waals surface area contributed by atoms with Crippen LogP contribution in [0.1, 0.15) is 30.9 Å². The number of carbonyl (C=O) groups is 1. The second-order valence-corrected chi connectivity index (χ2v) is 3.63. The van der Waals surface area contributed by atoms with Gasteiger partial charge in [-0.15, -0.1) is 0 Å². The van der Waals surface area contributed by atoms with Crippen molar-refractivity contribution >= 4 is 12.0 Å². The standard InChI is InChI=1S/C12H15NO2/c1-9(2)11-5-3-4-10(8-11)6-7-12(14)13-15/h3-9,15H,1-2H3,(H,13,14)/b7-6+. The van der Waals surface area contributed by atoms with E-state index in [4.69, 9.17) is 5.21 Å². The van der Waals surface area contributed by atoms with Crippen molar-refractivity contribution in [3.05, 3.63) is 41.5 Å². The molecule has 1 amide bonds. The van der Waals surface area contributed by atoms with Crippen molar-refractivity contribution < 1.29 is 10.0 Å². The topological polar surface area (TPSA) is 49.3 Å². The molecule has 1 aromatic rings. The molecule has 0 atom stereocenters. The van der Waals surface area contributed by atoms with Crippen molar-refractivity contribution in [1.82, 2.24) is 5.48 Å². The number of hydroxylamine groups is 1. The average molecular weight is 205 g/mol. The highest BCUT2D eigenvalue weighted by Crippen LogP contribution is 2.16. The first-order chi connectivity index (χ1) is 7.13. The predicted octanol–water partition coefficient (Wildman–Crippen LogP) is 2.33. The third kappa shape index (κ3) is 3.56. The normalized spacial score (nSPS) is 10.9. The molecular weight excluding hydrogens is 190 g/mol. The molecule has 0 bridgehead atoms. The fourth-order valence-electron chi connectivity index (χ4n) is 1.23.